The Bertz CT molecular complexity index is 2260. The summed E-state index contributed by atoms with van der Waals surface area (Å²) in [5.41, 5.74) is 3.51. The zero-order valence-electron chi connectivity index (χ0n) is 33.1. The van der Waals surface area contributed by atoms with Crippen LogP contribution in [0.3, 0.4) is 0 Å². The third kappa shape index (κ3) is 7.87. The van der Waals surface area contributed by atoms with Crippen molar-refractivity contribution in [3.8, 4) is 35.2 Å². The fraction of sp³-hybridized carbons (Fsp3) is 0.318. The van der Waals surface area contributed by atoms with Gasteiger partial charge in [0.25, 0.3) is 23.6 Å². The maximum Gasteiger partial charge on any atom is 0.262 e. The van der Waals surface area contributed by atoms with Crippen molar-refractivity contribution >= 4 is 34.4 Å². The van der Waals surface area contributed by atoms with Gasteiger partial charge in [0.2, 0.25) is 0 Å². The van der Waals surface area contributed by atoms with E-state index < -0.39 is 23.6 Å². The fourth-order valence-electron chi connectivity index (χ4n) is 6.91. The number of carbonyl (C=O) groups excluding carboxylic acids is 4. The minimum absolute atomic E-state index is 0.0905. The molecule has 288 valence electrons. The predicted octanol–water partition coefficient (Wildman–Crippen LogP) is 3.49. The Morgan fingerprint density at radius 2 is 0.875 bits per heavy atom. The lowest BCUT2D eigenvalue weighted by molar-refractivity contribution is 0.0579. The SMILES string of the molecule is CN(C)CCN1C(=O)c2cc(C#Cc3ccc(O)c(CN(C)C)c3)c3c4c(cc(C#Cc5ccc(O)c(CN(C)C)c5)c(c24)C1=O)C(=O)N(CCN(C)C)C3=O. The molecular weight excluding hydrogens is 709 g/mol. The summed E-state index contributed by atoms with van der Waals surface area (Å²) in [6.45, 7) is 1.92. The molecule has 0 unspecified atom stereocenters. The van der Waals surface area contributed by atoms with Gasteiger partial charge in [-0.05, 0) is 105 Å². The number of phenolic OH excluding ortho intramolecular Hbond substituents is 2. The van der Waals surface area contributed by atoms with Crippen LogP contribution in [0.5, 0.6) is 11.5 Å². The Labute approximate surface area is 327 Å². The molecule has 12 heteroatoms. The standard InChI is InChI=1S/C44H46N6O6/c1-45(2)17-19-49-41(53)33-23-30(14-10-28-12-16-36(52)32(22-28)26-48(7)8)38-40-34(42(54)50(44(38)56)20-18-46(3)4)24-29(37(39(33)40)43(49)55)13-9-27-11-15-35(51)31(21-27)25-47(5)6/h11-12,15-16,21-24,51-52H,17-20,25-26H2,1-8H3. The van der Waals surface area contributed by atoms with E-state index in [1.54, 1.807) is 48.5 Å². The van der Waals surface area contributed by atoms with Gasteiger partial charge in [0.15, 0.2) is 0 Å². The molecule has 0 aromatic heterocycles. The van der Waals surface area contributed by atoms with Crippen molar-refractivity contribution in [2.45, 2.75) is 13.1 Å². The molecule has 2 N–H and O–H groups in total. The summed E-state index contributed by atoms with van der Waals surface area (Å²) in [5, 5.41) is 21.3. The minimum atomic E-state index is -0.573. The normalized spacial score (nSPS) is 13.6. The summed E-state index contributed by atoms with van der Waals surface area (Å²) >= 11 is 0. The molecule has 4 aromatic rings. The first-order valence-corrected chi connectivity index (χ1v) is 18.2. The van der Waals surface area contributed by atoms with Crippen LogP contribution in [0.25, 0.3) is 10.8 Å². The van der Waals surface area contributed by atoms with Gasteiger partial charge in [-0.3, -0.25) is 29.0 Å². The van der Waals surface area contributed by atoms with Crippen LogP contribution in [-0.2, 0) is 13.1 Å². The quantitative estimate of drug-likeness (QED) is 0.184. The number of hydrogen-bond acceptors (Lipinski definition) is 10. The van der Waals surface area contributed by atoms with Crippen molar-refractivity contribution < 1.29 is 29.4 Å². The van der Waals surface area contributed by atoms with Crippen molar-refractivity contribution in [1.29, 1.82) is 0 Å². The summed E-state index contributed by atoms with van der Waals surface area (Å²) in [6, 6.07) is 13.1. The molecule has 12 nitrogen and oxygen atoms in total. The van der Waals surface area contributed by atoms with Gasteiger partial charge >= 0.3 is 0 Å². The van der Waals surface area contributed by atoms with Gasteiger partial charge < -0.3 is 29.8 Å². The van der Waals surface area contributed by atoms with E-state index in [0.29, 0.717) is 48.4 Å². The number of rotatable bonds is 10. The van der Waals surface area contributed by atoms with Crippen molar-refractivity contribution in [1.82, 2.24) is 29.4 Å². The first kappa shape index (κ1) is 39.7. The largest absolute Gasteiger partial charge is 0.508 e. The first-order valence-electron chi connectivity index (χ1n) is 18.2. The van der Waals surface area contributed by atoms with Crippen LogP contribution in [0.4, 0.5) is 0 Å². The Morgan fingerprint density at radius 1 is 0.500 bits per heavy atom. The van der Waals surface area contributed by atoms with Crippen molar-refractivity contribution in [3.05, 3.63) is 104 Å². The summed E-state index contributed by atoms with van der Waals surface area (Å²) < 4.78 is 0. The highest BCUT2D eigenvalue weighted by Gasteiger charge is 2.42. The van der Waals surface area contributed by atoms with Gasteiger partial charge in [-0.2, -0.15) is 0 Å². The van der Waals surface area contributed by atoms with Crippen molar-refractivity contribution in [3.63, 3.8) is 0 Å². The van der Waals surface area contributed by atoms with E-state index in [0.717, 1.165) is 0 Å². The molecule has 0 saturated heterocycles. The fourth-order valence-corrected chi connectivity index (χ4v) is 6.91. The second-order valence-electron chi connectivity index (χ2n) is 15.2. The lowest BCUT2D eigenvalue weighted by atomic mass is 9.81. The number of likely N-dealkylation sites (N-methyl/N-ethyl adjacent to an activating group) is 2. The van der Waals surface area contributed by atoms with E-state index in [1.165, 1.54) is 9.80 Å². The number of nitrogens with zero attached hydrogens (tertiary/aromatic N) is 6. The molecule has 0 saturated carbocycles. The second-order valence-corrected chi connectivity index (χ2v) is 15.2. The first-order chi connectivity index (χ1) is 26.5. The van der Waals surface area contributed by atoms with E-state index in [9.17, 15) is 29.4 Å². The highest BCUT2D eigenvalue weighted by Crippen LogP contribution is 2.41. The van der Waals surface area contributed by atoms with Gasteiger partial charge in [-0.15, -0.1) is 0 Å². The number of phenols is 2. The monoisotopic (exact) mass is 754 g/mol. The molecule has 0 atom stereocenters. The molecule has 56 heavy (non-hydrogen) atoms. The average molecular weight is 755 g/mol. The molecule has 2 aliphatic heterocycles. The van der Waals surface area contributed by atoms with Crippen molar-refractivity contribution in [2.24, 2.45) is 0 Å². The molecule has 4 aromatic carbocycles. The molecule has 6 rings (SSSR count). The van der Waals surface area contributed by atoms with Crippen LogP contribution in [-0.4, -0.2) is 146 Å². The van der Waals surface area contributed by atoms with Gasteiger partial charge in [0, 0.05) is 94.5 Å². The topological polar surface area (TPSA) is 128 Å². The molecule has 4 amide bonds. The Hall–Kier alpha value is -6.02. The van der Waals surface area contributed by atoms with Gasteiger partial charge in [-0.1, -0.05) is 23.7 Å². The maximum absolute atomic E-state index is 14.5. The Morgan fingerprint density at radius 3 is 1.21 bits per heavy atom. The molecule has 0 bridgehead atoms. The highest BCUT2D eigenvalue weighted by atomic mass is 16.3. The third-order valence-electron chi connectivity index (χ3n) is 9.63. The zero-order valence-corrected chi connectivity index (χ0v) is 33.1. The number of aromatic hydroxyl groups is 2. The minimum Gasteiger partial charge on any atom is -0.508 e. The molecule has 0 radical (unpaired) electrons. The zero-order chi connectivity index (χ0) is 40.6. The summed E-state index contributed by atoms with van der Waals surface area (Å²) in [6.07, 6.45) is 0. The lowest BCUT2D eigenvalue weighted by Gasteiger charge is -2.33. The van der Waals surface area contributed by atoms with Gasteiger partial charge in [-0.25, -0.2) is 0 Å². The maximum atomic E-state index is 14.5. The molecule has 0 spiro atoms. The smallest absolute Gasteiger partial charge is 0.262 e. The number of hydrogen-bond donors (Lipinski definition) is 2. The molecule has 0 aliphatic carbocycles. The van der Waals surface area contributed by atoms with Crippen LogP contribution in [0.2, 0.25) is 0 Å². The molecular formula is C44H46N6O6. The van der Waals surface area contributed by atoms with Crippen LogP contribution >= 0.6 is 0 Å². The number of amides is 4. The predicted molar refractivity (Wildman–Crippen MR) is 215 cm³/mol. The summed E-state index contributed by atoms with van der Waals surface area (Å²) in [7, 11) is 14.9. The number of imide groups is 2. The molecule has 2 aliphatic rings. The highest BCUT2D eigenvalue weighted by molar-refractivity contribution is 6.34. The van der Waals surface area contributed by atoms with Crippen LogP contribution < -0.4 is 0 Å². The summed E-state index contributed by atoms with van der Waals surface area (Å²) in [5.74, 6) is 10.5. The average Bonchev–Trinajstić information content (AvgIpc) is 3.12. The van der Waals surface area contributed by atoms with E-state index in [1.807, 2.05) is 76.0 Å². The third-order valence-corrected chi connectivity index (χ3v) is 9.63. The van der Waals surface area contributed by atoms with E-state index in [-0.39, 0.29) is 68.7 Å². The van der Waals surface area contributed by atoms with Crippen LogP contribution in [0.1, 0.15) is 74.8 Å². The van der Waals surface area contributed by atoms with Crippen LogP contribution in [0.15, 0.2) is 48.5 Å². The molecule has 2 heterocycles. The van der Waals surface area contributed by atoms with E-state index in [4.69, 9.17) is 0 Å². The van der Waals surface area contributed by atoms with E-state index in [2.05, 4.69) is 23.7 Å². The lowest BCUT2D eigenvalue weighted by Crippen LogP contribution is -2.46. The Kier molecular flexibility index (Phi) is 11.3. The van der Waals surface area contributed by atoms with Gasteiger partial charge in [0.1, 0.15) is 11.5 Å². The van der Waals surface area contributed by atoms with Gasteiger partial charge in [0.05, 0.1) is 11.1 Å². The number of benzene rings is 4. The van der Waals surface area contributed by atoms with E-state index >= 15 is 0 Å². The number of carbonyl (C=O) groups is 4. The Balaban J connectivity index is 1.64. The second kappa shape index (κ2) is 16.0. The van der Waals surface area contributed by atoms with Crippen LogP contribution in [0, 0.1) is 23.7 Å². The summed E-state index contributed by atoms with van der Waals surface area (Å²) in [4.78, 5) is 67.7. The molecule has 0 fully saturated rings. The van der Waals surface area contributed by atoms with Crippen molar-refractivity contribution in [2.75, 3.05) is 82.6 Å².